The van der Waals surface area contributed by atoms with Crippen LogP contribution in [0.5, 0.6) is 0 Å². The van der Waals surface area contributed by atoms with Gasteiger partial charge in [0.25, 0.3) is 0 Å². The molecule has 0 aliphatic carbocycles. The highest BCUT2D eigenvalue weighted by Gasteiger charge is 2.22. The second-order valence-corrected chi connectivity index (χ2v) is 4.78. The zero-order valence-corrected chi connectivity index (χ0v) is 10.5. The molecule has 2 rings (SSSR count). The number of aromatic nitrogens is 2. The van der Waals surface area contributed by atoms with Crippen LogP contribution in [-0.4, -0.2) is 48.3 Å². The summed E-state index contributed by atoms with van der Waals surface area (Å²) in [5, 5.41) is 8.06. The van der Waals surface area contributed by atoms with E-state index in [0.717, 1.165) is 12.2 Å². The van der Waals surface area contributed by atoms with Crippen LogP contribution in [0.3, 0.4) is 0 Å². The van der Waals surface area contributed by atoms with Gasteiger partial charge >= 0.3 is 0 Å². The number of halogens is 1. The van der Waals surface area contributed by atoms with Gasteiger partial charge in [-0.3, -0.25) is 0 Å². The fourth-order valence-corrected chi connectivity index (χ4v) is 2.33. The van der Waals surface area contributed by atoms with E-state index in [9.17, 15) is 0 Å². The molecule has 0 saturated carbocycles. The predicted octanol–water partition coefficient (Wildman–Crippen LogP) is 1.66. The standard InChI is InChI=1S/C11H17ClN4/c1-15-5-3-4-9(15)8-16(2)10-6-11(12)14-13-7-10/h6-7,9H,3-5,8H2,1-2H3. The molecule has 5 heteroatoms. The van der Waals surface area contributed by atoms with E-state index in [1.165, 1.54) is 19.4 Å². The van der Waals surface area contributed by atoms with Crippen molar-refractivity contribution in [3.8, 4) is 0 Å². The Kier molecular flexibility index (Phi) is 3.61. The van der Waals surface area contributed by atoms with Crippen molar-refractivity contribution in [1.82, 2.24) is 15.1 Å². The number of hydrogen-bond acceptors (Lipinski definition) is 4. The first-order chi connectivity index (χ1) is 7.66. The molecule has 0 radical (unpaired) electrons. The molecule has 1 atom stereocenters. The summed E-state index contributed by atoms with van der Waals surface area (Å²) in [4.78, 5) is 4.60. The SMILES string of the molecule is CN(CC1CCCN1C)c1cnnc(Cl)c1. The third kappa shape index (κ3) is 2.62. The molecule has 1 aliphatic rings. The molecule has 2 heterocycles. The average Bonchev–Trinajstić information content (AvgIpc) is 2.64. The Morgan fingerprint density at radius 1 is 1.62 bits per heavy atom. The fraction of sp³-hybridized carbons (Fsp3) is 0.636. The average molecular weight is 241 g/mol. The van der Waals surface area contributed by atoms with Crippen LogP contribution in [-0.2, 0) is 0 Å². The highest BCUT2D eigenvalue weighted by Crippen LogP contribution is 2.19. The van der Waals surface area contributed by atoms with Crippen molar-refractivity contribution in [2.45, 2.75) is 18.9 Å². The minimum absolute atomic E-state index is 0.448. The molecule has 1 unspecified atom stereocenters. The highest BCUT2D eigenvalue weighted by atomic mass is 35.5. The van der Waals surface area contributed by atoms with Crippen molar-refractivity contribution in [2.75, 3.05) is 32.1 Å². The van der Waals surface area contributed by atoms with E-state index in [1.54, 1.807) is 6.20 Å². The number of likely N-dealkylation sites (N-methyl/N-ethyl adjacent to an activating group) is 2. The third-order valence-corrected chi connectivity index (χ3v) is 3.39. The van der Waals surface area contributed by atoms with Gasteiger partial charge in [0.05, 0.1) is 11.9 Å². The predicted molar refractivity (Wildman–Crippen MR) is 66.0 cm³/mol. The molecule has 0 bridgehead atoms. The van der Waals surface area contributed by atoms with Crippen LogP contribution in [0.4, 0.5) is 5.69 Å². The molecular formula is C11H17ClN4. The molecule has 4 nitrogen and oxygen atoms in total. The maximum Gasteiger partial charge on any atom is 0.153 e. The fourth-order valence-electron chi connectivity index (χ4n) is 2.17. The van der Waals surface area contributed by atoms with Gasteiger partial charge in [0.2, 0.25) is 0 Å². The van der Waals surface area contributed by atoms with Gasteiger partial charge in [-0.25, -0.2) is 0 Å². The second-order valence-electron chi connectivity index (χ2n) is 4.39. The summed E-state index contributed by atoms with van der Waals surface area (Å²) >= 11 is 5.82. The number of rotatable bonds is 3. The van der Waals surface area contributed by atoms with Gasteiger partial charge in [-0.2, -0.15) is 5.10 Å². The van der Waals surface area contributed by atoms with Crippen LogP contribution in [0, 0.1) is 0 Å². The zero-order valence-electron chi connectivity index (χ0n) is 9.73. The quantitative estimate of drug-likeness (QED) is 0.805. The first kappa shape index (κ1) is 11.6. The molecule has 0 aromatic carbocycles. The van der Waals surface area contributed by atoms with Gasteiger partial charge in [0.1, 0.15) is 0 Å². The van der Waals surface area contributed by atoms with Crippen molar-refractivity contribution in [2.24, 2.45) is 0 Å². The molecule has 88 valence electrons. The summed E-state index contributed by atoms with van der Waals surface area (Å²) in [6.45, 7) is 2.21. The molecule has 16 heavy (non-hydrogen) atoms. The molecule has 1 aromatic rings. The number of anilines is 1. The lowest BCUT2D eigenvalue weighted by Crippen LogP contribution is -2.36. The largest absolute Gasteiger partial charge is 0.372 e. The van der Waals surface area contributed by atoms with Crippen molar-refractivity contribution >= 4 is 17.3 Å². The summed E-state index contributed by atoms with van der Waals surface area (Å²) < 4.78 is 0. The van der Waals surface area contributed by atoms with Crippen LogP contribution in [0.2, 0.25) is 5.15 Å². The summed E-state index contributed by atoms with van der Waals surface area (Å²) in [7, 11) is 4.25. The van der Waals surface area contributed by atoms with Crippen molar-refractivity contribution < 1.29 is 0 Å². The molecule has 1 saturated heterocycles. The van der Waals surface area contributed by atoms with Gasteiger partial charge in [-0.1, -0.05) is 11.6 Å². The first-order valence-corrected chi connectivity index (χ1v) is 5.94. The van der Waals surface area contributed by atoms with Crippen molar-refractivity contribution in [3.63, 3.8) is 0 Å². The molecular weight excluding hydrogens is 224 g/mol. The van der Waals surface area contributed by atoms with Crippen molar-refractivity contribution in [1.29, 1.82) is 0 Å². The molecule has 1 aliphatic heterocycles. The van der Waals surface area contributed by atoms with Crippen molar-refractivity contribution in [3.05, 3.63) is 17.4 Å². The van der Waals surface area contributed by atoms with Gasteiger partial charge in [0, 0.05) is 25.7 Å². The highest BCUT2D eigenvalue weighted by molar-refractivity contribution is 6.29. The van der Waals surface area contributed by atoms with E-state index in [2.05, 4.69) is 34.1 Å². The molecule has 1 fully saturated rings. The van der Waals surface area contributed by atoms with E-state index in [1.807, 2.05) is 6.07 Å². The van der Waals surface area contributed by atoms with E-state index in [0.29, 0.717) is 11.2 Å². The Hall–Kier alpha value is -0.870. The molecule has 0 N–H and O–H groups in total. The number of nitrogens with zero attached hydrogens (tertiary/aromatic N) is 4. The first-order valence-electron chi connectivity index (χ1n) is 5.56. The molecule has 0 spiro atoms. The molecule has 0 amide bonds. The summed E-state index contributed by atoms with van der Waals surface area (Å²) in [5.41, 5.74) is 1.03. The minimum atomic E-state index is 0.448. The lowest BCUT2D eigenvalue weighted by Gasteiger charge is -2.26. The maximum atomic E-state index is 5.82. The lowest BCUT2D eigenvalue weighted by molar-refractivity contribution is 0.314. The summed E-state index contributed by atoms with van der Waals surface area (Å²) in [5.74, 6) is 0. The van der Waals surface area contributed by atoms with Crippen LogP contribution >= 0.6 is 11.6 Å². The zero-order chi connectivity index (χ0) is 11.5. The third-order valence-electron chi connectivity index (χ3n) is 3.21. The summed E-state index contributed by atoms with van der Waals surface area (Å²) in [6.07, 6.45) is 4.32. The Balaban J connectivity index is 1.99. The van der Waals surface area contributed by atoms with Crippen LogP contribution in [0.25, 0.3) is 0 Å². The van der Waals surface area contributed by atoms with Crippen LogP contribution in [0.1, 0.15) is 12.8 Å². The van der Waals surface area contributed by atoms with Crippen LogP contribution in [0.15, 0.2) is 12.3 Å². The van der Waals surface area contributed by atoms with Crippen LogP contribution < -0.4 is 4.90 Å². The monoisotopic (exact) mass is 240 g/mol. The Bertz CT molecular complexity index is 358. The topological polar surface area (TPSA) is 32.3 Å². The van der Waals surface area contributed by atoms with E-state index >= 15 is 0 Å². The molecule has 1 aromatic heterocycles. The van der Waals surface area contributed by atoms with E-state index in [-0.39, 0.29) is 0 Å². The van der Waals surface area contributed by atoms with Gasteiger partial charge in [-0.15, -0.1) is 5.10 Å². The van der Waals surface area contributed by atoms with E-state index < -0.39 is 0 Å². The Morgan fingerprint density at radius 3 is 3.06 bits per heavy atom. The Morgan fingerprint density at radius 2 is 2.44 bits per heavy atom. The lowest BCUT2D eigenvalue weighted by atomic mass is 10.2. The smallest absolute Gasteiger partial charge is 0.153 e. The maximum absolute atomic E-state index is 5.82. The Labute approximate surface area is 101 Å². The van der Waals surface area contributed by atoms with E-state index in [4.69, 9.17) is 11.6 Å². The summed E-state index contributed by atoms with van der Waals surface area (Å²) in [6, 6.07) is 2.49. The second kappa shape index (κ2) is 4.97. The minimum Gasteiger partial charge on any atom is -0.372 e. The van der Waals surface area contributed by atoms with Gasteiger partial charge in [-0.05, 0) is 26.4 Å². The number of hydrogen-bond donors (Lipinski definition) is 0. The van der Waals surface area contributed by atoms with Gasteiger partial charge in [0.15, 0.2) is 5.15 Å². The van der Waals surface area contributed by atoms with Gasteiger partial charge < -0.3 is 9.80 Å². The normalized spacial score (nSPS) is 21.3. The number of likely N-dealkylation sites (tertiary alicyclic amines) is 1.